The molecule has 0 aliphatic heterocycles. The van der Waals surface area contributed by atoms with Crippen molar-refractivity contribution >= 4 is 88.3 Å². The maximum Gasteiger partial charge on any atom is 0.0218 e. The molecule has 0 aromatic heterocycles. The van der Waals surface area contributed by atoms with Crippen molar-refractivity contribution < 1.29 is 0 Å². The molecule has 0 spiro atoms. The number of hydrogen-bond donors (Lipinski definition) is 0. The molecule has 7 rings (SSSR count). The van der Waals surface area contributed by atoms with Gasteiger partial charge in [-0.2, -0.15) is 0 Å². The van der Waals surface area contributed by atoms with Crippen LogP contribution >= 0.6 is 45.2 Å². The molecule has 0 bridgehead atoms. The molecule has 0 N–H and O–H groups in total. The molecule has 0 saturated carbocycles. The van der Waals surface area contributed by atoms with Gasteiger partial charge >= 0.3 is 0 Å². The van der Waals surface area contributed by atoms with Crippen LogP contribution in [0.25, 0.3) is 65.3 Å². The zero-order chi connectivity index (χ0) is 26.0. The van der Waals surface area contributed by atoms with E-state index in [9.17, 15) is 0 Å². The molecule has 0 radical (unpaired) electrons. The summed E-state index contributed by atoms with van der Waals surface area (Å²) in [6.45, 7) is 4.44. The number of aryl methyl sites for hydroxylation is 2. The predicted octanol–water partition coefficient (Wildman–Crippen LogP) is 11.5. The van der Waals surface area contributed by atoms with E-state index in [2.05, 4.69) is 168 Å². The lowest BCUT2D eigenvalue weighted by molar-refractivity contribution is 1.50. The molecule has 0 amide bonds. The Kier molecular flexibility index (Phi) is 5.93. The first kappa shape index (κ1) is 24.1. The molecule has 0 saturated heterocycles. The van der Waals surface area contributed by atoms with Gasteiger partial charge in [0.2, 0.25) is 0 Å². The highest BCUT2D eigenvalue weighted by Gasteiger charge is 2.22. The van der Waals surface area contributed by atoms with Gasteiger partial charge in [-0.3, -0.25) is 0 Å². The third-order valence-corrected chi connectivity index (χ3v) is 9.54. The first-order valence-electron chi connectivity index (χ1n) is 12.8. The molecule has 0 aliphatic carbocycles. The van der Waals surface area contributed by atoms with Gasteiger partial charge < -0.3 is 0 Å². The van der Waals surface area contributed by atoms with Crippen LogP contribution < -0.4 is 0 Å². The molecule has 0 nitrogen and oxygen atoms in total. The van der Waals surface area contributed by atoms with Crippen LogP contribution in [0.4, 0.5) is 0 Å². The van der Waals surface area contributed by atoms with Gasteiger partial charge in [0, 0.05) is 18.3 Å². The zero-order valence-corrected chi connectivity index (χ0v) is 25.5. The Balaban J connectivity index is 1.73. The molecule has 38 heavy (non-hydrogen) atoms. The third kappa shape index (κ3) is 3.60. The van der Waals surface area contributed by atoms with Crippen LogP contribution in [0.1, 0.15) is 11.1 Å². The summed E-state index contributed by atoms with van der Waals surface area (Å²) in [6.07, 6.45) is 0. The molecule has 0 atom stereocenters. The Bertz CT molecular complexity index is 1860. The van der Waals surface area contributed by atoms with Gasteiger partial charge in [-0.1, -0.05) is 97.1 Å². The lowest BCUT2D eigenvalue weighted by Gasteiger charge is -2.22. The second-order valence-electron chi connectivity index (χ2n) is 10.0. The van der Waals surface area contributed by atoms with E-state index in [1.807, 2.05) is 0 Å². The van der Waals surface area contributed by atoms with Crippen LogP contribution in [-0.4, -0.2) is 0 Å². The van der Waals surface area contributed by atoms with E-state index in [0.717, 1.165) is 0 Å². The molecular weight excluding hydrogens is 686 g/mol. The minimum absolute atomic E-state index is 1.29. The molecule has 0 unspecified atom stereocenters. The Morgan fingerprint density at radius 1 is 0.342 bits per heavy atom. The van der Waals surface area contributed by atoms with Gasteiger partial charge in [0.1, 0.15) is 0 Å². The fraction of sp³-hybridized carbons (Fsp3) is 0.0556. The summed E-state index contributed by atoms with van der Waals surface area (Å²) in [5.41, 5.74) is 7.95. The molecular formula is C36H24I2. The van der Waals surface area contributed by atoms with E-state index in [4.69, 9.17) is 0 Å². The van der Waals surface area contributed by atoms with Gasteiger partial charge in [0.15, 0.2) is 0 Å². The maximum absolute atomic E-state index is 2.54. The van der Waals surface area contributed by atoms with E-state index >= 15 is 0 Å². The normalized spacial score (nSPS) is 11.7. The predicted molar refractivity (Wildman–Crippen MR) is 182 cm³/mol. The van der Waals surface area contributed by atoms with Crippen molar-refractivity contribution in [3.63, 3.8) is 0 Å². The van der Waals surface area contributed by atoms with Crippen LogP contribution in [0.15, 0.2) is 109 Å². The smallest absolute Gasteiger partial charge is 0.0218 e. The van der Waals surface area contributed by atoms with Gasteiger partial charge in [-0.25, -0.2) is 0 Å². The number of hydrogen-bond acceptors (Lipinski definition) is 0. The highest BCUT2D eigenvalue weighted by molar-refractivity contribution is 14.1. The minimum atomic E-state index is 1.29. The van der Waals surface area contributed by atoms with Crippen molar-refractivity contribution in [2.45, 2.75) is 13.8 Å². The summed E-state index contributed by atoms with van der Waals surface area (Å²) in [6, 6.07) is 40.4. The van der Waals surface area contributed by atoms with Crippen LogP contribution in [-0.2, 0) is 0 Å². The molecule has 0 heterocycles. The van der Waals surface area contributed by atoms with Crippen molar-refractivity contribution in [1.29, 1.82) is 0 Å². The van der Waals surface area contributed by atoms with Crippen molar-refractivity contribution in [3.8, 4) is 22.3 Å². The largest absolute Gasteiger partial charge is 0.0616 e. The molecule has 2 heteroatoms. The molecule has 182 valence electrons. The molecule has 0 aliphatic rings. The quantitative estimate of drug-likeness (QED) is 0.124. The van der Waals surface area contributed by atoms with Crippen molar-refractivity contribution in [2.75, 3.05) is 0 Å². The van der Waals surface area contributed by atoms with Crippen molar-refractivity contribution in [2.24, 2.45) is 0 Å². The van der Waals surface area contributed by atoms with E-state index in [1.54, 1.807) is 0 Å². The second kappa shape index (κ2) is 9.35. The van der Waals surface area contributed by atoms with E-state index in [1.165, 1.54) is 83.6 Å². The van der Waals surface area contributed by atoms with Gasteiger partial charge in [0.05, 0.1) is 0 Å². The zero-order valence-electron chi connectivity index (χ0n) is 21.1. The fourth-order valence-corrected chi connectivity index (χ4v) is 8.26. The summed E-state index contributed by atoms with van der Waals surface area (Å²) < 4.78 is 2.58. The number of rotatable bonds is 2. The lowest BCUT2D eigenvalue weighted by atomic mass is 9.83. The van der Waals surface area contributed by atoms with Crippen molar-refractivity contribution in [3.05, 3.63) is 127 Å². The SMILES string of the molecule is Cc1cc(I)c(-c2c3ccccc3c(-c3c(I)cc(C)c4ccccc34)c3ccccc23)c2ccccc12. The standard InChI is InChI=1S/C36H24I2/c1-21-19-31(37)35(25-13-5-3-11-23(21)25)33-27-15-7-9-17-29(27)34(30-18-10-8-16-28(30)33)36-26-14-6-4-12-24(26)22(2)20-32(36)38/h3-20H,1-2H3. The molecule has 7 aromatic rings. The van der Waals surface area contributed by atoms with E-state index in [0.29, 0.717) is 0 Å². The van der Waals surface area contributed by atoms with E-state index in [-0.39, 0.29) is 0 Å². The van der Waals surface area contributed by atoms with Crippen molar-refractivity contribution in [1.82, 2.24) is 0 Å². The number of fused-ring (bicyclic) bond motifs is 4. The van der Waals surface area contributed by atoms with Crippen LogP contribution in [0.3, 0.4) is 0 Å². The Labute approximate surface area is 250 Å². The third-order valence-electron chi connectivity index (χ3n) is 7.84. The van der Waals surface area contributed by atoms with Gasteiger partial charge in [-0.15, -0.1) is 0 Å². The molecule has 7 aromatic carbocycles. The summed E-state index contributed by atoms with van der Waals surface area (Å²) in [7, 11) is 0. The average Bonchev–Trinajstić information content (AvgIpc) is 2.94. The summed E-state index contributed by atoms with van der Waals surface area (Å²) in [5.74, 6) is 0. The summed E-state index contributed by atoms with van der Waals surface area (Å²) >= 11 is 5.08. The average molecular weight is 710 g/mol. The lowest BCUT2D eigenvalue weighted by Crippen LogP contribution is -1.96. The number of benzene rings is 7. The van der Waals surface area contributed by atoms with Crippen LogP contribution in [0, 0.1) is 21.0 Å². The highest BCUT2D eigenvalue weighted by Crippen LogP contribution is 2.49. The van der Waals surface area contributed by atoms with Gasteiger partial charge in [0.25, 0.3) is 0 Å². The first-order valence-corrected chi connectivity index (χ1v) is 15.0. The summed E-state index contributed by atoms with van der Waals surface area (Å²) in [4.78, 5) is 0. The monoisotopic (exact) mass is 710 g/mol. The Morgan fingerprint density at radius 2 is 0.579 bits per heavy atom. The fourth-order valence-electron chi connectivity index (χ4n) is 6.20. The minimum Gasteiger partial charge on any atom is -0.0616 e. The Morgan fingerprint density at radius 3 is 0.868 bits per heavy atom. The second-order valence-corrected chi connectivity index (χ2v) is 12.4. The van der Waals surface area contributed by atoms with E-state index < -0.39 is 0 Å². The Hall–Kier alpha value is -2.96. The van der Waals surface area contributed by atoms with Crippen LogP contribution in [0.5, 0.6) is 0 Å². The topological polar surface area (TPSA) is 0 Å². The molecule has 0 fully saturated rings. The number of halogens is 2. The first-order chi connectivity index (χ1) is 18.5. The van der Waals surface area contributed by atoms with Gasteiger partial charge in [-0.05, 0) is 137 Å². The highest BCUT2D eigenvalue weighted by atomic mass is 127. The summed E-state index contributed by atoms with van der Waals surface area (Å²) in [5, 5.41) is 10.5. The van der Waals surface area contributed by atoms with Crippen LogP contribution in [0.2, 0.25) is 0 Å². The maximum atomic E-state index is 2.54.